The molecule has 0 unspecified atom stereocenters. The Morgan fingerprint density at radius 1 is 1.11 bits per heavy atom. The molecule has 3 aromatic rings. The Morgan fingerprint density at radius 3 is 2.53 bits per heavy atom. The van der Waals surface area contributed by atoms with Crippen molar-refractivity contribution in [2.24, 2.45) is 0 Å². The summed E-state index contributed by atoms with van der Waals surface area (Å²) in [6.07, 6.45) is 10.2. The smallest absolute Gasteiger partial charge is 0.328 e. The van der Waals surface area contributed by atoms with Crippen LogP contribution in [0.25, 0.3) is 0 Å². The fourth-order valence-corrected chi connectivity index (χ4v) is 3.69. The molecular weight excluding hydrogens is 458 g/mol. The Morgan fingerprint density at radius 2 is 1.86 bits per heavy atom. The van der Waals surface area contributed by atoms with Crippen molar-refractivity contribution >= 4 is 11.8 Å². The minimum Gasteiger partial charge on any atom is -0.481 e. The molecule has 0 aromatic carbocycles. The number of aliphatic carboxylic acids is 1. The molecule has 0 spiro atoms. The van der Waals surface area contributed by atoms with Crippen LogP contribution in [0.5, 0.6) is 5.88 Å². The van der Waals surface area contributed by atoms with Crippen LogP contribution in [0.15, 0.2) is 47.7 Å². The fraction of sp³-hybridized carbons (Fsp3) is 0.481. The van der Waals surface area contributed by atoms with Crippen LogP contribution >= 0.6 is 0 Å². The van der Waals surface area contributed by atoms with Gasteiger partial charge in [0.05, 0.1) is 13.5 Å². The monoisotopic (exact) mass is 497 g/mol. The summed E-state index contributed by atoms with van der Waals surface area (Å²) in [5, 5.41) is 12.1. The van der Waals surface area contributed by atoms with Crippen LogP contribution in [0.4, 0.5) is 5.82 Å². The molecule has 196 valence electrons. The van der Waals surface area contributed by atoms with E-state index in [4.69, 9.17) is 14.8 Å². The van der Waals surface area contributed by atoms with Gasteiger partial charge in [0.1, 0.15) is 5.82 Å². The van der Waals surface area contributed by atoms with E-state index in [1.807, 2.05) is 32.9 Å². The predicted molar refractivity (Wildman–Crippen MR) is 142 cm³/mol. The number of methoxy groups -OCH3 is 1. The van der Waals surface area contributed by atoms with Crippen LogP contribution in [0.1, 0.15) is 56.4 Å². The van der Waals surface area contributed by atoms with Gasteiger partial charge < -0.3 is 15.2 Å². The van der Waals surface area contributed by atoms with E-state index < -0.39 is 5.97 Å². The van der Waals surface area contributed by atoms with Crippen LogP contribution in [0, 0.1) is 6.92 Å². The number of ether oxygens (including phenoxy) is 1. The maximum absolute atomic E-state index is 12.2. The number of fused-ring (bicyclic) bond motifs is 1. The quantitative estimate of drug-likeness (QED) is 0.477. The molecule has 0 atom stereocenters. The first-order valence-corrected chi connectivity index (χ1v) is 12.6. The molecule has 4 rings (SSSR count). The van der Waals surface area contributed by atoms with Crippen molar-refractivity contribution in [2.75, 3.05) is 19.0 Å². The maximum atomic E-state index is 12.2. The van der Waals surface area contributed by atoms with Crippen molar-refractivity contribution in [3.05, 3.63) is 70.2 Å². The molecule has 0 fully saturated rings. The molecule has 0 aliphatic carbocycles. The van der Waals surface area contributed by atoms with E-state index >= 15 is 0 Å². The summed E-state index contributed by atoms with van der Waals surface area (Å²) in [5.74, 6) is 0.773. The SMILES string of the molecule is CC.COc1ccc(C)cn1.O=C(O)CCn1ccn(CCCc2ccc3c(n2)NCCCC3)c1=O. The van der Waals surface area contributed by atoms with Crippen molar-refractivity contribution in [3.63, 3.8) is 0 Å². The molecule has 0 amide bonds. The normalized spacial score (nSPS) is 12.0. The van der Waals surface area contributed by atoms with Gasteiger partial charge in [-0.3, -0.25) is 13.9 Å². The standard InChI is InChI=1S/C18H24N4O3.C7H9NO.C2H6/c23-16(24)8-11-22-13-12-21(18(22)25)10-3-5-15-7-6-14-4-1-2-9-19-17(14)20-15;1-6-3-4-7(9-2)8-5-6;1-2/h6-7,12-13H,1-5,8-11H2,(H,19,20)(H,23,24);3-5H,1-2H3;1-2H3. The molecule has 1 aliphatic heterocycles. The number of rotatable bonds is 8. The topological polar surface area (TPSA) is 111 Å². The zero-order valence-electron chi connectivity index (χ0n) is 21.9. The Kier molecular flexibility index (Phi) is 12.2. The van der Waals surface area contributed by atoms with E-state index in [0.717, 1.165) is 42.9 Å². The number of nitrogens with zero attached hydrogens (tertiary/aromatic N) is 4. The number of hydrogen-bond acceptors (Lipinski definition) is 6. The second-order valence-corrected chi connectivity index (χ2v) is 8.29. The zero-order chi connectivity index (χ0) is 26.3. The highest BCUT2D eigenvalue weighted by atomic mass is 16.5. The molecule has 0 radical (unpaired) electrons. The number of hydrogen-bond donors (Lipinski definition) is 2. The Balaban J connectivity index is 0.000000347. The number of nitrogens with one attached hydrogen (secondary N) is 1. The van der Waals surface area contributed by atoms with Crippen molar-refractivity contribution < 1.29 is 14.6 Å². The molecule has 9 heteroatoms. The van der Waals surface area contributed by atoms with Gasteiger partial charge in [-0.25, -0.2) is 14.8 Å². The zero-order valence-corrected chi connectivity index (χ0v) is 21.9. The van der Waals surface area contributed by atoms with E-state index in [2.05, 4.69) is 22.4 Å². The molecule has 36 heavy (non-hydrogen) atoms. The predicted octanol–water partition coefficient (Wildman–Crippen LogP) is 4.33. The average Bonchev–Trinajstić information content (AvgIpc) is 3.08. The minimum absolute atomic E-state index is 0.0457. The first kappa shape index (κ1) is 28.6. The second kappa shape index (κ2) is 15.4. The van der Waals surface area contributed by atoms with Crippen LogP contribution in [0.2, 0.25) is 0 Å². The summed E-state index contributed by atoms with van der Waals surface area (Å²) < 4.78 is 7.93. The van der Waals surface area contributed by atoms with E-state index in [9.17, 15) is 9.59 Å². The van der Waals surface area contributed by atoms with Crippen molar-refractivity contribution in [1.29, 1.82) is 0 Å². The highest BCUT2D eigenvalue weighted by Gasteiger charge is 2.10. The van der Waals surface area contributed by atoms with Gasteiger partial charge in [0.25, 0.3) is 0 Å². The number of pyridine rings is 2. The molecule has 3 aromatic heterocycles. The molecule has 0 bridgehead atoms. The Bertz CT molecular complexity index is 1120. The minimum atomic E-state index is -0.900. The second-order valence-electron chi connectivity index (χ2n) is 8.29. The van der Waals surface area contributed by atoms with Crippen LogP contribution in [-0.2, 0) is 30.7 Å². The molecule has 1 aliphatic rings. The van der Waals surface area contributed by atoms with Gasteiger partial charge in [0.15, 0.2) is 0 Å². The molecule has 0 saturated heterocycles. The summed E-state index contributed by atoms with van der Waals surface area (Å²) in [6, 6.07) is 8.04. The van der Waals surface area contributed by atoms with Gasteiger partial charge >= 0.3 is 11.7 Å². The number of carboxylic acids is 1. The van der Waals surface area contributed by atoms with Gasteiger partial charge in [-0.15, -0.1) is 0 Å². The van der Waals surface area contributed by atoms with Crippen molar-refractivity contribution in [1.82, 2.24) is 19.1 Å². The van der Waals surface area contributed by atoms with E-state index in [0.29, 0.717) is 12.4 Å². The summed E-state index contributed by atoms with van der Waals surface area (Å²) in [7, 11) is 1.61. The van der Waals surface area contributed by atoms with Crippen molar-refractivity contribution in [3.8, 4) is 5.88 Å². The lowest BCUT2D eigenvalue weighted by Gasteiger charge is -2.09. The first-order chi connectivity index (χ1) is 17.5. The van der Waals surface area contributed by atoms with Gasteiger partial charge in [-0.05, 0) is 56.2 Å². The van der Waals surface area contributed by atoms with Gasteiger partial charge in [0.2, 0.25) is 5.88 Å². The highest BCUT2D eigenvalue weighted by Crippen LogP contribution is 2.20. The van der Waals surface area contributed by atoms with Gasteiger partial charge in [-0.1, -0.05) is 26.0 Å². The Hall–Kier alpha value is -3.62. The highest BCUT2D eigenvalue weighted by molar-refractivity contribution is 5.66. The summed E-state index contributed by atoms with van der Waals surface area (Å²) >= 11 is 0. The maximum Gasteiger partial charge on any atom is 0.328 e. The summed E-state index contributed by atoms with van der Waals surface area (Å²) in [4.78, 5) is 31.5. The molecule has 9 nitrogen and oxygen atoms in total. The lowest BCUT2D eigenvalue weighted by atomic mass is 10.1. The largest absolute Gasteiger partial charge is 0.481 e. The molecule has 0 saturated carbocycles. The lowest BCUT2D eigenvalue weighted by molar-refractivity contribution is -0.137. The summed E-state index contributed by atoms with van der Waals surface area (Å²) in [6.45, 7) is 7.78. The van der Waals surface area contributed by atoms with E-state index in [1.54, 1.807) is 30.3 Å². The van der Waals surface area contributed by atoms with Crippen molar-refractivity contribution in [2.45, 2.75) is 72.4 Å². The number of aryl methyl sites for hydroxylation is 5. The molecular formula is C27H39N5O4. The third-order valence-electron chi connectivity index (χ3n) is 5.61. The van der Waals surface area contributed by atoms with Crippen LogP contribution in [-0.4, -0.2) is 43.8 Å². The van der Waals surface area contributed by atoms with Crippen LogP contribution in [0.3, 0.4) is 0 Å². The first-order valence-electron chi connectivity index (χ1n) is 12.6. The molecule has 4 heterocycles. The fourth-order valence-electron chi connectivity index (χ4n) is 3.69. The number of anilines is 1. The van der Waals surface area contributed by atoms with E-state index in [1.165, 1.54) is 23.0 Å². The van der Waals surface area contributed by atoms with E-state index in [-0.39, 0.29) is 18.7 Å². The summed E-state index contributed by atoms with van der Waals surface area (Å²) in [5.41, 5.74) is 3.31. The number of aromatic nitrogens is 4. The van der Waals surface area contributed by atoms with Gasteiger partial charge in [-0.2, -0.15) is 0 Å². The number of carbonyl (C=O) groups is 1. The number of imidazole rings is 1. The van der Waals surface area contributed by atoms with Gasteiger partial charge in [0, 0.05) is 50.0 Å². The Labute approximate surface area is 213 Å². The lowest BCUT2D eigenvalue weighted by Crippen LogP contribution is -2.25. The molecule has 2 N–H and O–H groups in total. The third-order valence-corrected chi connectivity index (χ3v) is 5.61. The van der Waals surface area contributed by atoms with Crippen LogP contribution < -0.4 is 15.7 Å². The average molecular weight is 498 g/mol. The third kappa shape index (κ3) is 9.20. The number of carboxylic acid groups (broad SMARTS) is 1.